The number of carbonyl (C=O) groups is 3. The number of benzene rings is 2. The van der Waals surface area contributed by atoms with Crippen LogP contribution >= 0.6 is 11.8 Å². The van der Waals surface area contributed by atoms with Gasteiger partial charge in [0.05, 0.1) is 20.7 Å². The van der Waals surface area contributed by atoms with E-state index in [9.17, 15) is 19.5 Å². The van der Waals surface area contributed by atoms with Gasteiger partial charge in [0.1, 0.15) is 0 Å². The second-order valence-corrected chi connectivity index (χ2v) is 9.46. The Hall–Kier alpha value is -3.18. The van der Waals surface area contributed by atoms with Crippen LogP contribution in [0.5, 0.6) is 0 Å². The number of piperazine rings is 1. The topological polar surface area (TPSA) is 122 Å². The van der Waals surface area contributed by atoms with E-state index in [1.165, 1.54) is 9.80 Å². The van der Waals surface area contributed by atoms with Gasteiger partial charge in [0.2, 0.25) is 0 Å². The molecule has 0 amide bonds. The second-order valence-electron chi connectivity index (χ2n) is 8.38. The van der Waals surface area contributed by atoms with E-state index < -0.39 is 25.0 Å². The molecule has 0 aliphatic carbocycles. The van der Waals surface area contributed by atoms with Gasteiger partial charge in [-0.2, -0.15) is 0 Å². The Morgan fingerprint density at radius 2 is 1.54 bits per heavy atom. The van der Waals surface area contributed by atoms with E-state index in [0.717, 1.165) is 35.8 Å². The fourth-order valence-electron chi connectivity index (χ4n) is 4.04. The molecule has 10 heteroatoms. The largest absolute Gasteiger partial charge is 0.478 e. The number of nitrogens with zero attached hydrogens (tertiary/aromatic N) is 3. The van der Waals surface area contributed by atoms with Crippen molar-refractivity contribution in [2.45, 2.75) is 23.1 Å². The minimum Gasteiger partial charge on any atom is -0.478 e. The molecule has 0 atom stereocenters. The molecule has 0 radical (unpaired) electrons. The standard InChI is InChI=1S/C23H29N3O2S.C4H4O4/c1-18(28)19-7-8-23-21(17-19)26(20-5-2-3-6-22(20)29-23)10-4-9-24-11-13-25(14-12-24)15-16-27;5-3(6)1-2-4(7)8/h2-3,5-8,17,27H,4,9-16H2,1H3;1-2H,(H,5,6)(H,7,8)/b;2-1-/i15D2,16D2;. The average molecular weight is 532 g/mol. The van der Waals surface area contributed by atoms with E-state index in [4.69, 9.17) is 15.7 Å². The predicted molar refractivity (Wildman–Crippen MR) is 143 cm³/mol. The molecule has 2 heterocycles. The predicted octanol–water partition coefficient (Wildman–Crippen LogP) is 3.20. The summed E-state index contributed by atoms with van der Waals surface area (Å²) in [6.07, 6.45) is 2.00. The van der Waals surface area contributed by atoms with Crippen molar-refractivity contribution in [2.75, 3.05) is 57.2 Å². The third-order valence-corrected chi connectivity index (χ3v) is 6.97. The van der Waals surface area contributed by atoms with Gasteiger partial charge in [-0.15, -0.1) is 0 Å². The van der Waals surface area contributed by atoms with Crippen LogP contribution in [-0.4, -0.2) is 95.2 Å². The molecule has 198 valence electrons. The van der Waals surface area contributed by atoms with Gasteiger partial charge in [-0.3, -0.25) is 9.69 Å². The first-order chi connectivity index (χ1) is 19.2. The molecule has 4 rings (SSSR count). The van der Waals surface area contributed by atoms with Crippen molar-refractivity contribution < 1.29 is 35.2 Å². The third kappa shape index (κ3) is 8.43. The van der Waals surface area contributed by atoms with Crippen molar-refractivity contribution >= 4 is 40.9 Å². The SMILES string of the molecule is O=C(O)/C=C\C(=O)O.[2H]C([2H])(O)C([2H])([2H])N1CCN(CCCN2c3ccccc3Sc3ccc(C(C)=O)cc32)CC1. The lowest BCUT2D eigenvalue weighted by molar-refractivity contribution is -0.134. The molecule has 1 saturated heterocycles. The smallest absolute Gasteiger partial charge is 0.328 e. The second kappa shape index (κ2) is 13.9. The number of rotatable bonds is 9. The van der Waals surface area contributed by atoms with Crippen molar-refractivity contribution in [3.8, 4) is 0 Å². The van der Waals surface area contributed by atoms with Crippen molar-refractivity contribution in [3.05, 3.63) is 60.2 Å². The van der Waals surface area contributed by atoms with Crippen molar-refractivity contribution in [1.29, 1.82) is 0 Å². The molecule has 2 aromatic carbocycles. The van der Waals surface area contributed by atoms with Crippen LogP contribution in [0.1, 0.15) is 29.2 Å². The van der Waals surface area contributed by atoms with Crippen LogP contribution in [0.15, 0.2) is 64.4 Å². The number of ketones is 1. The molecule has 2 aliphatic heterocycles. The number of aliphatic hydroxyl groups is 1. The summed E-state index contributed by atoms with van der Waals surface area (Å²) in [4.78, 5) is 39.3. The molecule has 1 fully saturated rings. The molecule has 37 heavy (non-hydrogen) atoms. The number of anilines is 2. The first-order valence-corrected chi connectivity index (χ1v) is 12.6. The van der Waals surface area contributed by atoms with E-state index in [-0.39, 0.29) is 5.78 Å². The Labute approximate surface area is 226 Å². The van der Waals surface area contributed by atoms with Gasteiger partial charge >= 0.3 is 11.9 Å². The van der Waals surface area contributed by atoms with Gasteiger partial charge in [-0.05, 0) is 44.2 Å². The van der Waals surface area contributed by atoms with Crippen molar-refractivity contribution in [1.82, 2.24) is 9.80 Å². The van der Waals surface area contributed by atoms with Gasteiger partial charge in [0.15, 0.2) is 5.78 Å². The normalized spacial score (nSPS) is 17.8. The molecular formula is C27H33N3O6S. The maximum absolute atomic E-state index is 12.0. The zero-order valence-corrected chi connectivity index (χ0v) is 21.3. The molecule has 0 saturated carbocycles. The number of carboxylic acid groups (broad SMARTS) is 2. The van der Waals surface area contributed by atoms with E-state index >= 15 is 0 Å². The minimum atomic E-state index is -2.90. The number of hydrogen-bond acceptors (Lipinski definition) is 8. The quantitative estimate of drug-likeness (QED) is 0.328. The number of Topliss-reactive ketones (excluding diaryl/α,β-unsaturated/α-hetero) is 1. The molecule has 2 aliphatic rings. The van der Waals surface area contributed by atoms with E-state index in [1.807, 2.05) is 30.3 Å². The number of β-amino-alcohol motifs (C(OH)–C–C–N with tert-alkyl or cyclic N) is 1. The number of carboxylic acids is 2. The van der Waals surface area contributed by atoms with E-state index in [2.05, 4.69) is 21.9 Å². The van der Waals surface area contributed by atoms with Gasteiger partial charge in [-0.25, -0.2) is 9.59 Å². The maximum atomic E-state index is 12.0. The van der Waals surface area contributed by atoms with Crippen LogP contribution in [0.4, 0.5) is 11.4 Å². The number of carbonyl (C=O) groups excluding carboxylic acids is 1. The lowest BCUT2D eigenvalue weighted by Crippen LogP contribution is -2.47. The zero-order valence-electron chi connectivity index (χ0n) is 24.5. The van der Waals surface area contributed by atoms with Gasteiger partial charge < -0.3 is 25.1 Å². The van der Waals surface area contributed by atoms with E-state index in [1.54, 1.807) is 18.7 Å². The fourth-order valence-corrected chi connectivity index (χ4v) is 5.11. The fraction of sp³-hybridized carbons (Fsp3) is 0.370. The Morgan fingerprint density at radius 3 is 2.16 bits per heavy atom. The number of para-hydroxylation sites is 1. The van der Waals surface area contributed by atoms with Crippen molar-refractivity contribution in [2.24, 2.45) is 0 Å². The van der Waals surface area contributed by atoms with Gasteiger partial charge in [-0.1, -0.05) is 30.0 Å². The van der Waals surface area contributed by atoms with Crippen LogP contribution in [0.25, 0.3) is 0 Å². The monoisotopic (exact) mass is 531 g/mol. The molecule has 9 nitrogen and oxygen atoms in total. The summed E-state index contributed by atoms with van der Waals surface area (Å²) < 4.78 is 30.6. The molecule has 3 N–H and O–H groups in total. The average Bonchev–Trinajstić information content (AvgIpc) is 2.91. The first-order valence-electron chi connectivity index (χ1n) is 13.7. The summed E-state index contributed by atoms with van der Waals surface area (Å²) in [7, 11) is 0. The highest BCUT2D eigenvalue weighted by atomic mass is 32.2. The lowest BCUT2D eigenvalue weighted by Gasteiger charge is -2.36. The molecule has 0 aromatic heterocycles. The molecule has 0 unspecified atom stereocenters. The molecular weight excluding hydrogens is 494 g/mol. The molecule has 0 spiro atoms. The summed E-state index contributed by atoms with van der Waals surface area (Å²) in [6, 6.07) is 14.2. The summed E-state index contributed by atoms with van der Waals surface area (Å²) >= 11 is 1.72. The summed E-state index contributed by atoms with van der Waals surface area (Å²) in [6.45, 7) is -0.154. The molecule has 0 bridgehead atoms. The minimum absolute atomic E-state index is 0.0478. The van der Waals surface area contributed by atoms with Crippen LogP contribution in [0.2, 0.25) is 0 Å². The first kappa shape index (κ1) is 23.0. The van der Waals surface area contributed by atoms with Crippen molar-refractivity contribution in [3.63, 3.8) is 0 Å². The third-order valence-electron chi connectivity index (χ3n) is 5.84. The highest BCUT2D eigenvalue weighted by molar-refractivity contribution is 7.99. The number of aliphatic carboxylic acids is 2. The Balaban J connectivity index is 0.000000507. The van der Waals surface area contributed by atoms with Crippen LogP contribution in [0.3, 0.4) is 0 Å². The maximum Gasteiger partial charge on any atom is 0.328 e. The van der Waals surface area contributed by atoms with E-state index in [0.29, 0.717) is 43.9 Å². The van der Waals surface area contributed by atoms with Gasteiger partial charge in [0.25, 0.3) is 0 Å². The highest BCUT2D eigenvalue weighted by Crippen LogP contribution is 2.48. The number of hydrogen-bond donors (Lipinski definition) is 3. The zero-order chi connectivity index (χ0) is 30.4. The number of fused-ring (bicyclic) bond motifs is 2. The Bertz CT molecular complexity index is 1280. The van der Waals surface area contributed by atoms with Crippen LogP contribution < -0.4 is 4.90 Å². The highest BCUT2D eigenvalue weighted by Gasteiger charge is 2.24. The van der Waals surface area contributed by atoms with Gasteiger partial charge in [0, 0.05) is 69.5 Å². The lowest BCUT2D eigenvalue weighted by atomic mass is 10.1. The van der Waals surface area contributed by atoms with Crippen LogP contribution in [-0.2, 0) is 9.59 Å². The summed E-state index contributed by atoms with van der Waals surface area (Å²) in [5.41, 5.74) is 2.89. The summed E-state index contributed by atoms with van der Waals surface area (Å²) in [5.74, 6) is -2.47. The summed E-state index contributed by atoms with van der Waals surface area (Å²) in [5, 5.41) is 25.2. The Kier molecular flexibility index (Phi) is 8.66. The van der Waals surface area contributed by atoms with Crippen LogP contribution in [0, 0.1) is 0 Å². The Morgan fingerprint density at radius 1 is 0.919 bits per heavy atom. The molecule has 2 aromatic rings.